The van der Waals surface area contributed by atoms with Crippen LogP contribution in [0.2, 0.25) is 0 Å². The highest BCUT2D eigenvalue weighted by Gasteiger charge is 2.22. The molecule has 5 heteroatoms. The minimum absolute atomic E-state index is 0.0782. The first-order valence-electron chi connectivity index (χ1n) is 4.61. The van der Waals surface area contributed by atoms with E-state index in [1.54, 1.807) is 0 Å². The van der Waals surface area contributed by atoms with E-state index in [1.165, 1.54) is 7.11 Å². The zero-order valence-corrected chi connectivity index (χ0v) is 8.86. The molecule has 3 N–H and O–H groups in total. The summed E-state index contributed by atoms with van der Waals surface area (Å²) in [6.45, 7) is 3.85. The summed E-state index contributed by atoms with van der Waals surface area (Å²) in [5.41, 5.74) is 0. The van der Waals surface area contributed by atoms with Gasteiger partial charge in [-0.2, -0.15) is 0 Å². The highest BCUT2D eigenvalue weighted by Crippen LogP contribution is 2.02. The van der Waals surface area contributed by atoms with E-state index in [1.807, 2.05) is 13.8 Å². The molecule has 0 saturated carbocycles. The summed E-state index contributed by atoms with van der Waals surface area (Å²) in [5, 5.41) is 20.6. The minimum Gasteiger partial charge on any atom is -0.480 e. The first-order valence-corrected chi connectivity index (χ1v) is 4.61. The van der Waals surface area contributed by atoms with E-state index in [-0.39, 0.29) is 25.2 Å². The second kappa shape index (κ2) is 6.75. The lowest BCUT2D eigenvalue weighted by Crippen LogP contribution is -2.49. The number of nitrogens with one attached hydrogen (secondary N) is 1. The van der Waals surface area contributed by atoms with Crippen molar-refractivity contribution in [2.75, 3.05) is 20.3 Å². The summed E-state index contributed by atoms with van der Waals surface area (Å²) in [5.74, 6) is -0.787. The second-order valence-electron chi connectivity index (χ2n) is 3.55. The predicted molar refractivity (Wildman–Crippen MR) is 52.1 cm³/mol. The standard InChI is InChI=1S/C9H19NO4/c1-6(2)7(4-11)10-8(5-14-3)9(12)13/h6-8,10-11H,4-5H2,1-3H3,(H,12,13). The zero-order valence-electron chi connectivity index (χ0n) is 8.86. The summed E-state index contributed by atoms with van der Waals surface area (Å²) < 4.78 is 4.77. The van der Waals surface area contributed by atoms with Crippen LogP contribution in [0.1, 0.15) is 13.8 Å². The van der Waals surface area contributed by atoms with Crippen molar-refractivity contribution < 1.29 is 19.7 Å². The van der Waals surface area contributed by atoms with E-state index in [0.29, 0.717) is 0 Å². The molecule has 5 nitrogen and oxygen atoms in total. The van der Waals surface area contributed by atoms with Gasteiger partial charge in [-0.3, -0.25) is 10.1 Å². The van der Waals surface area contributed by atoms with Crippen LogP contribution < -0.4 is 5.32 Å². The van der Waals surface area contributed by atoms with Gasteiger partial charge in [0.1, 0.15) is 6.04 Å². The Hall–Kier alpha value is -0.650. The molecule has 0 spiro atoms. The third-order valence-electron chi connectivity index (χ3n) is 2.05. The fraction of sp³-hybridized carbons (Fsp3) is 0.889. The quantitative estimate of drug-likeness (QED) is 0.531. The lowest BCUT2D eigenvalue weighted by Gasteiger charge is -2.24. The number of methoxy groups -OCH3 is 1. The number of carboxylic acids is 1. The molecule has 0 rings (SSSR count). The van der Waals surface area contributed by atoms with Crippen molar-refractivity contribution in [2.24, 2.45) is 5.92 Å². The molecule has 0 aliphatic heterocycles. The van der Waals surface area contributed by atoms with Crippen LogP contribution >= 0.6 is 0 Å². The Kier molecular flexibility index (Phi) is 6.44. The zero-order chi connectivity index (χ0) is 11.1. The monoisotopic (exact) mass is 205 g/mol. The summed E-state index contributed by atoms with van der Waals surface area (Å²) in [6.07, 6.45) is 0. The van der Waals surface area contributed by atoms with Gasteiger partial charge in [-0.1, -0.05) is 13.8 Å². The van der Waals surface area contributed by atoms with E-state index in [9.17, 15) is 4.79 Å². The van der Waals surface area contributed by atoms with Crippen molar-refractivity contribution in [3.05, 3.63) is 0 Å². The number of carboxylic acid groups (broad SMARTS) is 1. The maximum Gasteiger partial charge on any atom is 0.323 e. The van der Waals surface area contributed by atoms with Crippen molar-refractivity contribution in [1.82, 2.24) is 5.32 Å². The topological polar surface area (TPSA) is 78.8 Å². The van der Waals surface area contributed by atoms with Gasteiger partial charge in [-0.05, 0) is 5.92 Å². The van der Waals surface area contributed by atoms with Crippen molar-refractivity contribution in [2.45, 2.75) is 25.9 Å². The van der Waals surface area contributed by atoms with Crippen LogP contribution in [0.3, 0.4) is 0 Å². The second-order valence-corrected chi connectivity index (χ2v) is 3.55. The first kappa shape index (κ1) is 13.4. The molecular formula is C9H19NO4. The molecule has 0 fully saturated rings. The Balaban J connectivity index is 4.18. The van der Waals surface area contributed by atoms with Gasteiger partial charge >= 0.3 is 5.97 Å². The number of aliphatic carboxylic acids is 1. The molecule has 0 aromatic heterocycles. The molecule has 0 aliphatic rings. The fourth-order valence-electron chi connectivity index (χ4n) is 1.07. The van der Waals surface area contributed by atoms with Crippen LogP contribution in [0.15, 0.2) is 0 Å². The molecule has 0 aromatic carbocycles. The molecule has 0 radical (unpaired) electrons. The molecule has 0 aromatic rings. The average Bonchev–Trinajstić information content (AvgIpc) is 2.11. The van der Waals surface area contributed by atoms with E-state index in [0.717, 1.165) is 0 Å². The Morgan fingerprint density at radius 3 is 2.36 bits per heavy atom. The van der Waals surface area contributed by atoms with Crippen molar-refractivity contribution in [3.8, 4) is 0 Å². The molecular weight excluding hydrogens is 186 g/mol. The first-order chi connectivity index (χ1) is 6.52. The summed E-state index contributed by atoms with van der Waals surface area (Å²) in [6, 6.07) is -0.981. The van der Waals surface area contributed by atoms with Crippen LogP contribution in [0.4, 0.5) is 0 Å². The van der Waals surface area contributed by atoms with Crippen molar-refractivity contribution in [3.63, 3.8) is 0 Å². The fourth-order valence-corrected chi connectivity index (χ4v) is 1.07. The third kappa shape index (κ3) is 4.55. The Bertz CT molecular complexity index is 172. The van der Waals surface area contributed by atoms with Gasteiger partial charge in [-0.25, -0.2) is 0 Å². The highest BCUT2D eigenvalue weighted by atomic mass is 16.5. The van der Waals surface area contributed by atoms with Gasteiger partial charge in [0, 0.05) is 13.2 Å². The van der Waals surface area contributed by atoms with Gasteiger partial charge in [-0.15, -0.1) is 0 Å². The van der Waals surface area contributed by atoms with Gasteiger partial charge in [0.15, 0.2) is 0 Å². The number of hydrogen-bond donors (Lipinski definition) is 3. The maximum absolute atomic E-state index is 10.7. The van der Waals surface area contributed by atoms with Crippen LogP contribution in [0.25, 0.3) is 0 Å². The van der Waals surface area contributed by atoms with E-state index in [2.05, 4.69) is 5.32 Å². The molecule has 0 aliphatic carbocycles. The maximum atomic E-state index is 10.7. The predicted octanol–water partition coefficient (Wildman–Crippen LogP) is -0.307. The molecule has 0 amide bonds. The van der Waals surface area contributed by atoms with Crippen LogP contribution in [-0.4, -0.2) is 48.6 Å². The largest absolute Gasteiger partial charge is 0.480 e. The van der Waals surface area contributed by atoms with Gasteiger partial charge in [0.2, 0.25) is 0 Å². The minimum atomic E-state index is -0.967. The molecule has 14 heavy (non-hydrogen) atoms. The molecule has 84 valence electrons. The average molecular weight is 205 g/mol. The van der Waals surface area contributed by atoms with Crippen molar-refractivity contribution >= 4 is 5.97 Å². The Morgan fingerprint density at radius 1 is 1.50 bits per heavy atom. The van der Waals surface area contributed by atoms with E-state index < -0.39 is 12.0 Å². The number of aliphatic hydroxyl groups is 1. The SMILES string of the molecule is COCC(NC(CO)C(C)C)C(=O)O. The highest BCUT2D eigenvalue weighted by molar-refractivity contribution is 5.73. The number of ether oxygens (including phenoxy) is 1. The molecule has 0 heterocycles. The number of aliphatic hydroxyl groups excluding tert-OH is 1. The van der Waals surface area contributed by atoms with E-state index >= 15 is 0 Å². The number of rotatable bonds is 7. The third-order valence-corrected chi connectivity index (χ3v) is 2.05. The van der Waals surface area contributed by atoms with Crippen LogP contribution in [0, 0.1) is 5.92 Å². The van der Waals surface area contributed by atoms with Crippen molar-refractivity contribution in [1.29, 1.82) is 0 Å². The molecule has 2 atom stereocenters. The summed E-state index contributed by atoms with van der Waals surface area (Å²) in [4.78, 5) is 10.7. The number of hydrogen-bond acceptors (Lipinski definition) is 4. The molecule has 0 bridgehead atoms. The van der Waals surface area contributed by atoms with Gasteiger partial charge in [0.25, 0.3) is 0 Å². The Labute approximate surface area is 84.1 Å². The Morgan fingerprint density at radius 2 is 2.07 bits per heavy atom. The smallest absolute Gasteiger partial charge is 0.323 e. The summed E-state index contributed by atoms with van der Waals surface area (Å²) >= 11 is 0. The lowest BCUT2D eigenvalue weighted by molar-refractivity contribution is -0.141. The van der Waals surface area contributed by atoms with E-state index in [4.69, 9.17) is 14.9 Å². The lowest BCUT2D eigenvalue weighted by atomic mass is 10.0. The molecule has 0 saturated heterocycles. The summed E-state index contributed by atoms with van der Waals surface area (Å²) in [7, 11) is 1.45. The van der Waals surface area contributed by atoms with Crippen LogP contribution in [-0.2, 0) is 9.53 Å². The van der Waals surface area contributed by atoms with Gasteiger partial charge in [0.05, 0.1) is 13.2 Å². The molecule has 2 unspecified atom stereocenters. The van der Waals surface area contributed by atoms with Crippen LogP contribution in [0.5, 0.6) is 0 Å². The van der Waals surface area contributed by atoms with Gasteiger partial charge < -0.3 is 14.9 Å². The number of carbonyl (C=O) groups is 1. The normalized spacial score (nSPS) is 15.5.